The maximum atomic E-state index is 5.82. The maximum absolute atomic E-state index is 5.82. The Morgan fingerprint density at radius 1 is 1.05 bits per heavy atom. The number of benzene rings is 2. The van der Waals surface area contributed by atoms with Gasteiger partial charge in [0.2, 0.25) is 6.79 Å². The minimum absolute atomic E-state index is 0.249. The lowest BCUT2D eigenvalue weighted by molar-refractivity contribution is 0.174. The Hall–Kier alpha value is -2.86. The number of hydrogen-bond donors (Lipinski definition) is 1. The molecule has 2 N–H and O–H groups in total. The number of nitrogens with zero attached hydrogens (tertiary/aromatic N) is 3. The molecule has 6 heteroatoms. The Kier molecular flexibility index (Phi) is 3.01. The monoisotopic (exact) mass is 294 g/mol. The van der Waals surface area contributed by atoms with E-state index in [1.54, 1.807) is 4.68 Å². The van der Waals surface area contributed by atoms with E-state index in [-0.39, 0.29) is 6.79 Å². The first-order valence-electron chi connectivity index (χ1n) is 6.97. The van der Waals surface area contributed by atoms with Gasteiger partial charge in [-0.2, -0.15) is 0 Å². The molecule has 0 bridgehead atoms. The van der Waals surface area contributed by atoms with Crippen LogP contribution in [0.4, 0.5) is 0 Å². The average Bonchev–Trinajstić information content (AvgIpc) is 3.21. The highest BCUT2D eigenvalue weighted by molar-refractivity contribution is 5.68. The number of rotatable bonds is 3. The Morgan fingerprint density at radius 3 is 2.68 bits per heavy atom. The van der Waals surface area contributed by atoms with Gasteiger partial charge in [0, 0.05) is 12.1 Å². The Morgan fingerprint density at radius 2 is 1.86 bits per heavy atom. The summed E-state index contributed by atoms with van der Waals surface area (Å²) in [7, 11) is 0. The summed E-state index contributed by atoms with van der Waals surface area (Å²) in [5.41, 5.74) is 9.30. The van der Waals surface area contributed by atoms with Gasteiger partial charge in [-0.15, -0.1) is 5.10 Å². The zero-order valence-electron chi connectivity index (χ0n) is 11.8. The fraction of sp³-hybridized carbons (Fsp3) is 0.125. The van der Waals surface area contributed by atoms with Crippen LogP contribution in [0.5, 0.6) is 11.5 Å². The van der Waals surface area contributed by atoms with Gasteiger partial charge in [-0.25, -0.2) is 4.68 Å². The van der Waals surface area contributed by atoms with Gasteiger partial charge in [0.25, 0.3) is 0 Å². The van der Waals surface area contributed by atoms with Crippen molar-refractivity contribution in [2.24, 2.45) is 5.73 Å². The van der Waals surface area contributed by atoms with Crippen molar-refractivity contribution in [2.45, 2.75) is 6.54 Å². The first-order chi connectivity index (χ1) is 10.9. The van der Waals surface area contributed by atoms with Gasteiger partial charge in [0.1, 0.15) is 5.69 Å². The lowest BCUT2D eigenvalue weighted by atomic mass is 10.1. The third-order valence-electron chi connectivity index (χ3n) is 3.58. The fourth-order valence-electron chi connectivity index (χ4n) is 2.53. The molecule has 0 amide bonds. The van der Waals surface area contributed by atoms with E-state index >= 15 is 0 Å². The number of hydrogen-bond acceptors (Lipinski definition) is 5. The summed E-state index contributed by atoms with van der Waals surface area (Å²) in [6, 6.07) is 15.6. The van der Waals surface area contributed by atoms with E-state index in [9.17, 15) is 0 Å². The second-order valence-electron chi connectivity index (χ2n) is 4.90. The number of para-hydroxylation sites is 1. The van der Waals surface area contributed by atoms with Crippen molar-refractivity contribution < 1.29 is 9.47 Å². The summed E-state index contributed by atoms with van der Waals surface area (Å²) in [6.07, 6.45) is 0. The summed E-state index contributed by atoms with van der Waals surface area (Å²) < 4.78 is 12.6. The van der Waals surface area contributed by atoms with E-state index in [4.69, 9.17) is 15.2 Å². The number of aromatic nitrogens is 3. The molecule has 0 radical (unpaired) electrons. The second-order valence-corrected chi connectivity index (χ2v) is 4.90. The van der Waals surface area contributed by atoms with Gasteiger partial charge in [-0.1, -0.05) is 23.4 Å². The van der Waals surface area contributed by atoms with Crippen LogP contribution >= 0.6 is 0 Å². The normalized spacial score (nSPS) is 12.6. The van der Waals surface area contributed by atoms with E-state index in [1.807, 2.05) is 48.5 Å². The van der Waals surface area contributed by atoms with Crippen LogP contribution in [0.1, 0.15) is 5.69 Å². The molecule has 0 atom stereocenters. The van der Waals surface area contributed by atoms with Crippen molar-refractivity contribution in [3.05, 3.63) is 54.2 Å². The Labute approximate surface area is 127 Å². The van der Waals surface area contributed by atoms with Crippen molar-refractivity contribution >= 4 is 0 Å². The summed E-state index contributed by atoms with van der Waals surface area (Å²) >= 11 is 0. The average molecular weight is 294 g/mol. The first kappa shape index (κ1) is 12.8. The van der Waals surface area contributed by atoms with Gasteiger partial charge in [0.15, 0.2) is 11.5 Å². The van der Waals surface area contributed by atoms with Crippen molar-refractivity contribution in [1.29, 1.82) is 0 Å². The second kappa shape index (κ2) is 5.16. The number of nitrogens with two attached hydrogens (primary N) is 1. The lowest BCUT2D eigenvalue weighted by Gasteiger charge is -2.08. The van der Waals surface area contributed by atoms with Crippen LogP contribution in [0.25, 0.3) is 16.9 Å². The predicted octanol–water partition coefficient (Wildman–Crippen LogP) is 2.12. The van der Waals surface area contributed by atoms with Crippen molar-refractivity contribution in [3.8, 4) is 28.4 Å². The summed E-state index contributed by atoms with van der Waals surface area (Å²) in [5.74, 6) is 1.47. The molecule has 4 rings (SSSR count). The summed E-state index contributed by atoms with van der Waals surface area (Å²) in [6.45, 7) is 0.565. The molecule has 2 heterocycles. The molecule has 3 aromatic rings. The Bertz CT molecular complexity index is 814. The molecule has 0 spiro atoms. The lowest BCUT2D eigenvalue weighted by Crippen LogP contribution is -2.02. The molecule has 0 saturated carbocycles. The number of fused-ring (bicyclic) bond motifs is 1. The van der Waals surface area contributed by atoms with Gasteiger partial charge in [-0.05, 0) is 30.3 Å². The zero-order valence-corrected chi connectivity index (χ0v) is 11.8. The molecule has 6 nitrogen and oxygen atoms in total. The SMILES string of the molecule is NCc1nnn(-c2ccccc2)c1-c1ccc2c(c1)OCO2. The van der Waals surface area contributed by atoms with Gasteiger partial charge < -0.3 is 15.2 Å². The minimum Gasteiger partial charge on any atom is -0.454 e. The smallest absolute Gasteiger partial charge is 0.231 e. The molecule has 1 aromatic heterocycles. The highest BCUT2D eigenvalue weighted by Gasteiger charge is 2.19. The van der Waals surface area contributed by atoms with E-state index < -0.39 is 0 Å². The van der Waals surface area contributed by atoms with Gasteiger partial charge >= 0.3 is 0 Å². The summed E-state index contributed by atoms with van der Waals surface area (Å²) in [4.78, 5) is 0. The van der Waals surface area contributed by atoms with Crippen molar-refractivity contribution in [2.75, 3.05) is 6.79 Å². The topological polar surface area (TPSA) is 75.2 Å². The van der Waals surface area contributed by atoms with Crippen LogP contribution in [0.2, 0.25) is 0 Å². The standard InChI is InChI=1S/C16H14N4O2/c17-9-13-16(11-6-7-14-15(8-11)22-10-21-14)20(19-18-13)12-4-2-1-3-5-12/h1-8H,9-10,17H2. The minimum atomic E-state index is 0.249. The van der Waals surface area contributed by atoms with E-state index in [1.165, 1.54) is 0 Å². The fourth-order valence-corrected chi connectivity index (χ4v) is 2.53. The summed E-state index contributed by atoms with van der Waals surface area (Å²) in [5, 5.41) is 8.44. The maximum Gasteiger partial charge on any atom is 0.231 e. The van der Waals surface area contributed by atoms with Crippen LogP contribution in [0.3, 0.4) is 0 Å². The van der Waals surface area contributed by atoms with E-state index in [0.717, 1.165) is 34.1 Å². The molecule has 110 valence electrons. The highest BCUT2D eigenvalue weighted by Crippen LogP contribution is 2.37. The molecule has 0 fully saturated rings. The van der Waals surface area contributed by atoms with Crippen LogP contribution in [0.15, 0.2) is 48.5 Å². The van der Waals surface area contributed by atoms with Gasteiger partial charge in [-0.3, -0.25) is 0 Å². The van der Waals surface area contributed by atoms with Crippen LogP contribution in [-0.4, -0.2) is 21.8 Å². The molecular weight excluding hydrogens is 280 g/mol. The van der Waals surface area contributed by atoms with Gasteiger partial charge in [0.05, 0.1) is 11.4 Å². The van der Waals surface area contributed by atoms with Crippen molar-refractivity contribution in [3.63, 3.8) is 0 Å². The van der Waals surface area contributed by atoms with E-state index in [0.29, 0.717) is 6.54 Å². The molecular formula is C16H14N4O2. The number of ether oxygens (including phenoxy) is 2. The molecule has 1 aliphatic rings. The van der Waals surface area contributed by atoms with Crippen LogP contribution in [-0.2, 0) is 6.54 Å². The third-order valence-corrected chi connectivity index (χ3v) is 3.58. The molecule has 22 heavy (non-hydrogen) atoms. The zero-order chi connectivity index (χ0) is 14.9. The Balaban J connectivity index is 1.89. The first-order valence-corrected chi connectivity index (χ1v) is 6.97. The third kappa shape index (κ3) is 2.01. The van der Waals surface area contributed by atoms with Crippen LogP contribution in [0, 0.1) is 0 Å². The molecule has 1 aliphatic heterocycles. The van der Waals surface area contributed by atoms with Crippen molar-refractivity contribution in [1.82, 2.24) is 15.0 Å². The molecule has 2 aromatic carbocycles. The predicted molar refractivity (Wildman–Crippen MR) is 80.8 cm³/mol. The molecule has 0 saturated heterocycles. The van der Waals surface area contributed by atoms with Crippen LogP contribution < -0.4 is 15.2 Å². The largest absolute Gasteiger partial charge is 0.454 e. The molecule has 0 unspecified atom stereocenters. The molecule has 0 aliphatic carbocycles. The quantitative estimate of drug-likeness (QED) is 0.801. The highest BCUT2D eigenvalue weighted by atomic mass is 16.7. The van der Waals surface area contributed by atoms with E-state index in [2.05, 4.69) is 10.3 Å².